The van der Waals surface area contributed by atoms with E-state index >= 15 is 0 Å². The van der Waals surface area contributed by atoms with Gasteiger partial charge in [-0.3, -0.25) is 38.4 Å². The van der Waals surface area contributed by atoms with Crippen LogP contribution < -0.4 is 42.5 Å². The molecular formula is C45H82N8O11. The van der Waals surface area contributed by atoms with Crippen molar-refractivity contribution in [1.82, 2.24) is 42.5 Å². The van der Waals surface area contributed by atoms with Crippen molar-refractivity contribution in [2.45, 2.75) is 211 Å². The average Bonchev–Trinajstić information content (AvgIpc) is 3.70. The molecule has 368 valence electrons. The molecule has 8 amide bonds. The monoisotopic (exact) mass is 911 g/mol. The van der Waals surface area contributed by atoms with Gasteiger partial charge in [-0.1, -0.05) is 90.4 Å². The number of carbonyl (C=O) groups excluding carboxylic acids is 8. The maximum Gasteiger partial charge on any atom is 0.243 e. The smallest absolute Gasteiger partial charge is 0.243 e. The van der Waals surface area contributed by atoms with Gasteiger partial charge in [-0.05, 0) is 52.9 Å². The molecule has 0 radical (unpaired) electrons. The van der Waals surface area contributed by atoms with Gasteiger partial charge in [0.25, 0.3) is 0 Å². The molecule has 0 aromatic heterocycles. The van der Waals surface area contributed by atoms with Gasteiger partial charge in [0, 0.05) is 51.9 Å². The van der Waals surface area contributed by atoms with Gasteiger partial charge in [0.2, 0.25) is 47.3 Å². The molecule has 1 fully saturated rings. The van der Waals surface area contributed by atoms with E-state index < -0.39 is 83.8 Å². The fraction of sp³-hybridized carbons (Fsp3) is 0.822. The molecule has 0 spiro atoms. The van der Waals surface area contributed by atoms with Crippen LogP contribution in [0.4, 0.5) is 0 Å². The van der Waals surface area contributed by atoms with Crippen molar-refractivity contribution in [3.8, 4) is 0 Å². The van der Waals surface area contributed by atoms with Gasteiger partial charge >= 0.3 is 0 Å². The summed E-state index contributed by atoms with van der Waals surface area (Å²) in [6, 6.07) is -5.00. The van der Waals surface area contributed by atoms with E-state index in [2.05, 4.69) is 49.5 Å². The molecule has 0 aromatic carbocycles. The third-order valence-corrected chi connectivity index (χ3v) is 10.8. The van der Waals surface area contributed by atoms with Gasteiger partial charge in [-0.15, -0.1) is 0 Å². The molecule has 19 heteroatoms. The third-order valence-electron chi connectivity index (χ3n) is 10.8. The summed E-state index contributed by atoms with van der Waals surface area (Å²) in [5.74, 6) is -4.86. The lowest BCUT2D eigenvalue weighted by Gasteiger charge is -2.26. The van der Waals surface area contributed by atoms with Crippen LogP contribution >= 0.6 is 0 Å². The predicted octanol–water partition coefficient (Wildman–Crippen LogP) is 1.15. The molecule has 3 unspecified atom stereocenters. The molecule has 1 heterocycles. The molecule has 11 N–H and O–H groups in total. The van der Waals surface area contributed by atoms with Crippen molar-refractivity contribution in [3.05, 3.63) is 0 Å². The number of carbonyl (C=O) groups is 8. The molecule has 64 heavy (non-hydrogen) atoms. The first kappa shape index (κ1) is 57.7. The van der Waals surface area contributed by atoms with Gasteiger partial charge in [0.1, 0.15) is 24.2 Å². The van der Waals surface area contributed by atoms with Crippen LogP contribution in [0.15, 0.2) is 0 Å². The molecule has 0 aliphatic carbocycles. The zero-order chi connectivity index (χ0) is 47.7. The SMILES string of the molecule is CCCCCCCCCCCCCCCCNC(=O)[C@H](CCC(=O)NCC(C)O)NC(=O)[C@H](CCC(=O)NCC(C)O)NC(=O)[C@H](CCC(=O)NCC(C)O)NC(=O)[C@@H]1CCC(=O)N1. The maximum atomic E-state index is 14.0. The Bertz CT molecular complexity index is 1410. The number of unbranched alkanes of at least 4 members (excludes halogenated alkanes) is 13. The minimum absolute atomic E-state index is 0.0144. The predicted molar refractivity (Wildman–Crippen MR) is 242 cm³/mol. The van der Waals surface area contributed by atoms with Crippen LogP contribution in [-0.2, 0) is 38.4 Å². The molecule has 1 aliphatic rings. The second-order valence-electron chi connectivity index (χ2n) is 17.3. The van der Waals surface area contributed by atoms with Crippen LogP contribution in [0, 0.1) is 0 Å². The van der Waals surface area contributed by atoms with Crippen molar-refractivity contribution in [2.75, 3.05) is 26.2 Å². The Kier molecular flexibility index (Phi) is 31.5. The Hall–Kier alpha value is -4.36. The summed E-state index contributed by atoms with van der Waals surface area (Å²) in [7, 11) is 0. The van der Waals surface area contributed by atoms with Crippen molar-refractivity contribution in [2.24, 2.45) is 0 Å². The summed E-state index contributed by atoms with van der Waals surface area (Å²) in [4.78, 5) is 104. The average molecular weight is 911 g/mol. The Balaban J connectivity index is 3.07. The summed E-state index contributed by atoms with van der Waals surface area (Å²) in [6.07, 6.45) is 12.9. The molecule has 19 nitrogen and oxygen atoms in total. The molecular weight excluding hydrogens is 829 g/mol. The van der Waals surface area contributed by atoms with Crippen LogP contribution in [0.1, 0.15) is 169 Å². The van der Waals surface area contributed by atoms with Gasteiger partial charge in [-0.25, -0.2) is 0 Å². The van der Waals surface area contributed by atoms with Crippen molar-refractivity contribution in [1.29, 1.82) is 0 Å². The topological polar surface area (TPSA) is 293 Å². The highest BCUT2D eigenvalue weighted by molar-refractivity contribution is 5.97. The first-order valence-corrected chi connectivity index (χ1v) is 23.8. The van der Waals surface area contributed by atoms with Crippen LogP contribution in [0.25, 0.3) is 0 Å². The number of nitrogens with one attached hydrogen (secondary N) is 8. The molecule has 7 atom stereocenters. The number of hydrogen-bond acceptors (Lipinski definition) is 11. The van der Waals surface area contributed by atoms with E-state index in [1.54, 1.807) is 0 Å². The highest BCUT2D eigenvalue weighted by atomic mass is 16.3. The van der Waals surface area contributed by atoms with Crippen LogP contribution in [0.5, 0.6) is 0 Å². The van der Waals surface area contributed by atoms with Crippen LogP contribution in [0.3, 0.4) is 0 Å². The number of amides is 8. The highest BCUT2D eigenvalue weighted by Gasteiger charge is 2.33. The second kappa shape index (κ2) is 35.0. The highest BCUT2D eigenvalue weighted by Crippen LogP contribution is 2.14. The van der Waals surface area contributed by atoms with E-state index in [1.807, 2.05) is 0 Å². The number of aliphatic hydroxyl groups excluding tert-OH is 3. The van der Waals surface area contributed by atoms with Gasteiger partial charge in [0.05, 0.1) is 18.3 Å². The molecule has 0 bridgehead atoms. The van der Waals surface area contributed by atoms with Crippen molar-refractivity contribution < 1.29 is 53.7 Å². The van der Waals surface area contributed by atoms with Gasteiger partial charge < -0.3 is 57.9 Å². The fourth-order valence-electron chi connectivity index (χ4n) is 6.96. The lowest BCUT2D eigenvalue weighted by molar-refractivity contribution is -0.135. The molecule has 1 saturated heterocycles. The normalized spacial score (nSPS) is 16.2. The summed E-state index contributed by atoms with van der Waals surface area (Å²) < 4.78 is 0. The number of hydrogen-bond donors (Lipinski definition) is 11. The van der Waals surface area contributed by atoms with E-state index in [0.29, 0.717) is 13.0 Å². The Morgan fingerprint density at radius 2 is 0.891 bits per heavy atom. The van der Waals surface area contributed by atoms with E-state index in [0.717, 1.165) is 19.3 Å². The standard InChI is InChI=1S/C45H82N8O11/c1-5-6-7-8-9-10-11-12-13-14-15-16-17-18-27-46-42(61)34(19-23-38(57)47-28-31(2)54)51-44(63)36(20-24-39(58)48-29-32(3)55)53-45(64)37(21-25-40(59)49-30-33(4)56)52-43(62)35-22-26-41(60)50-35/h31-37,54-56H,5-30H2,1-4H3,(H,46,61)(H,47,57)(H,48,58)(H,49,59)(H,50,60)(H,51,63)(H,52,62)(H,53,64)/t31?,32?,33?,34-,35-,36-,37-/m0/s1. The molecule has 1 rings (SSSR count). The lowest BCUT2D eigenvalue weighted by atomic mass is 10.0. The van der Waals surface area contributed by atoms with E-state index in [-0.39, 0.29) is 76.9 Å². The number of rotatable bonds is 37. The van der Waals surface area contributed by atoms with E-state index in [9.17, 15) is 53.7 Å². The largest absolute Gasteiger partial charge is 0.392 e. The van der Waals surface area contributed by atoms with Gasteiger partial charge in [0.15, 0.2) is 0 Å². The van der Waals surface area contributed by atoms with Crippen molar-refractivity contribution >= 4 is 47.3 Å². The van der Waals surface area contributed by atoms with Crippen LogP contribution in [0.2, 0.25) is 0 Å². The Morgan fingerprint density at radius 3 is 1.25 bits per heavy atom. The minimum Gasteiger partial charge on any atom is -0.392 e. The van der Waals surface area contributed by atoms with Crippen molar-refractivity contribution in [3.63, 3.8) is 0 Å². The molecule has 1 aliphatic heterocycles. The summed E-state index contributed by atoms with van der Waals surface area (Å²) in [5, 5.41) is 49.5. The zero-order valence-corrected chi connectivity index (χ0v) is 39.0. The molecule has 0 saturated carbocycles. The molecule has 0 aromatic rings. The van der Waals surface area contributed by atoms with E-state index in [1.165, 1.54) is 85.0 Å². The Labute approximate surface area is 380 Å². The van der Waals surface area contributed by atoms with E-state index in [4.69, 9.17) is 0 Å². The zero-order valence-electron chi connectivity index (χ0n) is 39.0. The number of aliphatic hydroxyl groups is 3. The van der Waals surface area contributed by atoms with Gasteiger partial charge in [-0.2, -0.15) is 0 Å². The fourth-order valence-corrected chi connectivity index (χ4v) is 6.96. The first-order chi connectivity index (χ1) is 30.5. The second-order valence-corrected chi connectivity index (χ2v) is 17.3. The van der Waals surface area contributed by atoms with Crippen LogP contribution in [-0.4, -0.2) is 131 Å². The summed E-state index contributed by atoms with van der Waals surface area (Å²) >= 11 is 0. The quantitative estimate of drug-likeness (QED) is 0.0393. The Morgan fingerprint density at radius 1 is 0.531 bits per heavy atom. The minimum atomic E-state index is -1.45. The summed E-state index contributed by atoms with van der Waals surface area (Å²) in [6.45, 7) is 6.88. The third kappa shape index (κ3) is 29.2. The maximum absolute atomic E-state index is 14.0. The summed E-state index contributed by atoms with van der Waals surface area (Å²) in [5.41, 5.74) is 0. The first-order valence-electron chi connectivity index (χ1n) is 23.8. The lowest BCUT2D eigenvalue weighted by Crippen LogP contribution is -2.58.